The number of hydrogen-bond acceptors (Lipinski definition) is 19. The van der Waals surface area contributed by atoms with Crippen LogP contribution in [0.4, 0.5) is 5.82 Å². The van der Waals surface area contributed by atoms with Crippen molar-refractivity contribution in [3.63, 3.8) is 0 Å². The molecule has 0 aromatic carbocycles. The second-order valence-corrected chi connectivity index (χ2v) is 17.9. The smallest absolute Gasteiger partial charge is 0.326 e. The molecular formula is C47H85N11O16S. The number of carboxylic acids is 2. The average Bonchev–Trinajstić information content (AvgIpc) is 4.07. The van der Waals surface area contributed by atoms with Gasteiger partial charge in [-0.3, -0.25) is 29.0 Å². The van der Waals surface area contributed by atoms with Crippen molar-refractivity contribution in [3.8, 4) is 0 Å². The van der Waals surface area contributed by atoms with Crippen LogP contribution in [0.3, 0.4) is 0 Å². The summed E-state index contributed by atoms with van der Waals surface area (Å²) in [6, 6.07) is -5.47. The van der Waals surface area contributed by atoms with Crippen LogP contribution in [0.25, 0.3) is 0 Å². The third-order valence-electron chi connectivity index (χ3n) is 11.3. The molecule has 0 saturated carbocycles. The van der Waals surface area contributed by atoms with E-state index in [0.717, 1.165) is 23.7 Å². The number of nitrogens with zero attached hydrogens (tertiary/aromatic N) is 5. The van der Waals surface area contributed by atoms with Gasteiger partial charge in [-0.2, -0.15) is 12.6 Å². The Morgan fingerprint density at radius 2 is 1.23 bits per heavy atom. The highest BCUT2D eigenvalue weighted by atomic mass is 32.1. The van der Waals surface area contributed by atoms with Crippen LogP contribution in [0.2, 0.25) is 0 Å². The van der Waals surface area contributed by atoms with Crippen LogP contribution >= 0.6 is 12.6 Å². The van der Waals surface area contributed by atoms with Gasteiger partial charge in [-0.1, -0.05) is 50.2 Å². The van der Waals surface area contributed by atoms with Crippen LogP contribution in [-0.4, -0.2) is 225 Å². The molecule has 1 aliphatic rings. The lowest BCUT2D eigenvalue weighted by molar-refractivity contribution is -0.150. The summed E-state index contributed by atoms with van der Waals surface area (Å²) in [5.41, 5.74) is 10.8. The van der Waals surface area contributed by atoms with Crippen LogP contribution in [0.15, 0.2) is 11.2 Å². The Kier molecular flexibility index (Phi) is 38.1. The topological polar surface area (TPSA) is 374 Å². The molecule has 2 heterocycles. The number of aromatic nitrogens is 3. The van der Waals surface area contributed by atoms with Crippen LogP contribution in [0.5, 0.6) is 0 Å². The molecule has 1 aliphatic heterocycles. The first-order valence-electron chi connectivity index (χ1n) is 26.0. The molecule has 430 valence electrons. The number of rotatable bonds is 49. The van der Waals surface area contributed by atoms with Crippen molar-refractivity contribution < 1.29 is 77.2 Å². The maximum atomic E-state index is 13.3. The van der Waals surface area contributed by atoms with Crippen LogP contribution in [0.1, 0.15) is 89.9 Å². The Balaban J connectivity index is 1.57. The molecule has 1 aromatic heterocycles. The van der Waals surface area contributed by atoms with E-state index in [4.69, 9.17) is 44.6 Å². The number of aliphatic carboxylic acids is 2. The largest absolute Gasteiger partial charge is 0.481 e. The lowest BCUT2D eigenvalue weighted by Crippen LogP contribution is -2.58. The number of hydrogen-bond donors (Lipinski definition) is 10. The maximum Gasteiger partial charge on any atom is 0.326 e. The van der Waals surface area contributed by atoms with Gasteiger partial charge in [0.05, 0.1) is 118 Å². The van der Waals surface area contributed by atoms with Crippen molar-refractivity contribution >= 4 is 60.0 Å². The molecule has 4 atom stereocenters. The zero-order chi connectivity index (χ0) is 54.7. The average molecular weight is 1090 g/mol. The number of aliphatic hydroxyl groups excluding tert-OH is 1. The molecule has 0 aliphatic carbocycles. The van der Waals surface area contributed by atoms with Gasteiger partial charge in [0.15, 0.2) is 11.8 Å². The molecule has 4 amide bonds. The molecule has 75 heavy (non-hydrogen) atoms. The van der Waals surface area contributed by atoms with Crippen molar-refractivity contribution in [3.05, 3.63) is 6.20 Å². The number of aliphatic hydroxyl groups is 1. The number of likely N-dealkylation sites (tertiary alicyclic amines) is 1. The summed E-state index contributed by atoms with van der Waals surface area (Å²) in [5.74, 6) is -5.28. The Labute approximate surface area is 444 Å². The maximum absolute atomic E-state index is 13.3. The third-order valence-corrected chi connectivity index (χ3v) is 11.7. The number of carbonyl (C=O) groups excluding carboxylic acids is 4. The highest BCUT2D eigenvalue weighted by Crippen LogP contribution is 2.19. The van der Waals surface area contributed by atoms with Gasteiger partial charge in [0.1, 0.15) is 24.2 Å². The fourth-order valence-corrected chi connectivity index (χ4v) is 7.65. The van der Waals surface area contributed by atoms with Gasteiger partial charge in [0.25, 0.3) is 0 Å². The minimum atomic E-state index is -1.73. The van der Waals surface area contributed by atoms with Gasteiger partial charge in [0.2, 0.25) is 23.6 Å². The van der Waals surface area contributed by atoms with Crippen molar-refractivity contribution in [1.29, 1.82) is 0 Å². The minimum absolute atomic E-state index is 0.0771. The van der Waals surface area contributed by atoms with Gasteiger partial charge in [-0.05, 0) is 44.3 Å². The number of nitrogens with two attached hydrogens (primary N) is 2. The van der Waals surface area contributed by atoms with E-state index in [0.29, 0.717) is 98.7 Å². The number of aliphatic imine (C=N–C) groups is 1. The zero-order valence-corrected chi connectivity index (χ0v) is 44.3. The first-order valence-corrected chi connectivity index (χ1v) is 26.6. The molecule has 11 N–H and O–H groups in total. The number of anilines is 1. The van der Waals surface area contributed by atoms with Gasteiger partial charge in [-0.25, -0.2) is 9.48 Å². The molecule has 0 bridgehead atoms. The van der Waals surface area contributed by atoms with Crippen LogP contribution in [-0.2, 0) is 68.5 Å². The summed E-state index contributed by atoms with van der Waals surface area (Å²) in [6.07, 6.45) is 13.1. The Hall–Kier alpha value is -4.94. The standard InChI is InChI=1S/C47H85N11O16S/c48-47(49)50-14-10-12-36(43(63)51-33-41(60)53-37(32-42(61)62)44(64)54-38(35-59)45(65)58-15-11-13-39(58)46(66)67)52-40-34-57(56-55-40)16-18-69-20-22-71-24-26-73-28-30-74-29-27-72-25-23-70-21-19-68-17-8-6-4-2-1-3-5-7-9-31-75/h34,36-39,52,59,75H,1-33,35H2,(H,51,63)(H,53,60)(H,54,64)(H,61,62)(H,66,67)(H4,48,49,50)/t36-,37-,38-,39-/m0/s1. The number of unbranched alkanes of at least 4 members (excludes halogenated alkanes) is 8. The summed E-state index contributed by atoms with van der Waals surface area (Å²) >= 11 is 4.25. The molecule has 28 heteroatoms. The summed E-state index contributed by atoms with van der Waals surface area (Å²) < 4.78 is 40.5. The molecule has 2 rings (SSSR count). The number of carboxylic acid groups (broad SMARTS) is 2. The van der Waals surface area contributed by atoms with Crippen molar-refractivity contribution in [1.82, 2.24) is 35.8 Å². The highest BCUT2D eigenvalue weighted by Gasteiger charge is 2.38. The van der Waals surface area contributed by atoms with E-state index in [1.165, 1.54) is 56.0 Å². The summed E-state index contributed by atoms with van der Waals surface area (Å²) in [4.78, 5) is 80.4. The van der Waals surface area contributed by atoms with E-state index < -0.39 is 79.3 Å². The van der Waals surface area contributed by atoms with Crippen molar-refractivity contribution in [2.24, 2.45) is 16.5 Å². The Morgan fingerprint density at radius 1 is 0.693 bits per heavy atom. The SMILES string of the molecule is NC(N)=NCCC[C@H](Nc1cn(CCOCCOCCOCCOCCOCCOCCOCCCCCCCCCCCS)nn1)C(=O)NCC(=O)N[C@@H](CC(=O)O)C(=O)N[C@@H](CO)C(=O)N1CCC[C@H]1C(=O)O. The molecule has 27 nitrogen and oxygen atoms in total. The molecule has 0 spiro atoms. The number of amides is 4. The van der Waals surface area contributed by atoms with Crippen LogP contribution < -0.4 is 32.7 Å². The second-order valence-electron chi connectivity index (χ2n) is 17.4. The normalized spacial score (nSPS) is 14.5. The third kappa shape index (κ3) is 33.0. The zero-order valence-electron chi connectivity index (χ0n) is 43.4. The monoisotopic (exact) mass is 1090 g/mol. The number of ether oxygens (including phenoxy) is 7. The van der Waals surface area contributed by atoms with E-state index in [1.807, 2.05) is 0 Å². The Bertz CT molecular complexity index is 1770. The summed E-state index contributed by atoms with van der Waals surface area (Å²) in [6.45, 7) is 5.44. The fourth-order valence-electron chi connectivity index (χ4n) is 7.42. The summed E-state index contributed by atoms with van der Waals surface area (Å²) in [7, 11) is 0. The number of carbonyl (C=O) groups is 6. The highest BCUT2D eigenvalue weighted by molar-refractivity contribution is 7.80. The van der Waals surface area contributed by atoms with Crippen molar-refractivity contribution in [2.75, 3.05) is 130 Å². The van der Waals surface area contributed by atoms with Crippen LogP contribution in [0, 0.1) is 0 Å². The number of thiol groups is 1. The molecule has 1 fully saturated rings. The molecule has 0 radical (unpaired) electrons. The fraction of sp³-hybridized carbons (Fsp3) is 0.809. The van der Waals surface area contributed by atoms with Gasteiger partial charge >= 0.3 is 11.9 Å². The van der Waals surface area contributed by atoms with E-state index in [9.17, 15) is 44.1 Å². The van der Waals surface area contributed by atoms with E-state index in [2.05, 4.69) is 49.2 Å². The predicted molar refractivity (Wildman–Crippen MR) is 277 cm³/mol. The van der Waals surface area contributed by atoms with Crippen molar-refractivity contribution in [2.45, 2.75) is 121 Å². The first kappa shape index (κ1) is 66.2. The molecule has 0 unspecified atom stereocenters. The minimum Gasteiger partial charge on any atom is -0.481 e. The predicted octanol–water partition coefficient (Wildman–Crippen LogP) is -0.703. The lowest BCUT2D eigenvalue weighted by Gasteiger charge is -2.27. The summed E-state index contributed by atoms with van der Waals surface area (Å²) in [5, 5.41) is 46.6. The number of guanidine groups is 1. The molecule has 1 saturated heterocycles. The second kappa shape index (κ2) is 43.2. The van der Waals surface area contributed by atoms with Gasteiger partial charge in [-0.15, -0.1) is 5.10 Å². The van der Waals surface area contributed by atoms with E-state index in [-0.39, 0.29) is 44.3 Å². The molecule has 1 aromatic rings. The van der Waals surface area contributed by atoms with E-state index >= 15 is 0 Å². The number of nitrogens with one attached hydrogen (secondary N) is 4. The molecular weight excluding hydrogens is 1010 g/mol. The van der Waals surface area contributed by atoms with E-state index in [1.54, 1.807) is 6.20 Å². The lowest BCUT2D eigenvalue weighted by atomic mass is 10.1. The van der Waals surface area contributed by atoms with Gasteiger partial charge in [0, 0.05) is 19.7 Å². The quantitative estimate of drug-likeness (QED) is 0.0167. The Morgan fingerprint density at radius 3 is 1.75 bits per heavy atom. The van der Waals surface area contributed by atoms with Gasteiger partial charge < -0.3 is 86.1 Å². The first-order chi connectivity index (χ1) is 36.4.